The highest BCUT2D eigenvalue weighted by Crippen LogP contribution is 2.34. The van der Waals surface area contributed by atoms with Gasteiger partial charge in [-0.3, -0.25) is 4.79 Å². The van der Waals surface area contributed by atoms with Gasteiger partial charge in [-0.2, -0.15) is 0 Å². The fourth-order valence-corrected chi connectivity index (χ4v) is 4.03. The number of phenolic OH excluding ortho intramolecular Hbond substituents is 1. The van der Waals surface area contributed by atoms with Gasteiger partial charge in [-0.15, -0.1) is 0 Å². The fraction of sp³-hybridized carbons (Fsp3) is 0.231. The van der Waals surface area contributed by atoms with Crippen LogP contribution in [0, 0.1) is 6.92 Å². The summed E-state index contributed by atoms with van der Waals surface area (Å²) in [6, 6.07) is 12.3. The number of pyridine rings is 1. The van der Waals surface area contributed by atoms with Crippen LogP contribution in [0.2, 0.25) is 0 Å². The summed E-state index contributed by atoms with van der Waals surface area (Å²) in [5.41, 5.74) is 3.48. The molecule has 0 bridgehead atoms. The number of rotatable bonds is 6. The number of morpholine rings is 1. The minimum atomic E-state index is -0.230. The topological polar surface area (TPSA) is 122 Å². The largest absolute Gasteiger partial charge is 0.504 e. The summed E-state index contributed by atoms with van der Waals surface area (Å²) < 4.78 is 10.6. The molecule has 1 amide bonds. The van der Waals surface area contributed by atoms with Crippen LogP contribution >= 0.6 is 0 Å². The molecule has 3 N–H and O–H groups in total. The second kappa shape index (κ2) is 10.0. The van der Waals surface area contributed by atoms with E-state index in [1.165, 1.54) is 13.4 Å². The maximum atomic E-state index is 13.0. The molecule has 184 valence electrons. The van der Waals surface area contributed by atoms with Crippen molar-refractivity contribution in [2.45, 2.75) is 6.92 Å². The van der Waals surface area contributed by atoms with Gasteiger partial charge in [-0.05, 0) is 42.8 Å². The molecule has 10 nitrogen and oxygen atoms in total. The van der Waals surface area contributed by atoms with Crippen LogP contribution in [0.1, 0.15) is 15.9 Å². The number of anilines is 4. The molecule has 0 atom stereocenters. The lowest BCUT2D eigenvalue weighted by atomic mass is 10.1. The Hall–Kier alpha value is -4.44. The second-order valence-corrected chi connectivity index (χ2v) is 8.37. The first-order chi connectivity index (χ1) is 17.5. The van der Waals surface area contributed by atoms with E-state index in [-0.39, 0.29) is 11.7 Å². The Labute approximate surface area is 207 Å². The van der Waals surface area contributed by atoms with Crippen LogP contribution in [0.25, 0.3) is 10.9 Å². The molecule has 2 aromatic heterocycles. The first kappa shape index (κ1) is 23.3. The number of nitrogens with zero attached hydrogens (tertiary/aromatic N) is 4. The third-order valence-corrected chi connectivity index (χ3v) is 6.03. The Morgan fingerprint density at radius 1 is 1.08 bits per heavy atom. The van der Waals surface area contributed by atoms with Crippen molar-refractivity contribution < 1.29 is 19.4 Å². The number of carbonyl (C=O) groups excluding carboxylic acids is 1. The SMILES string of the molecule is COc1cc2ncnc(Nc3cc(NC(=O)c4ccnc(N5CCOCC5)c4)ccc3C)c2cc1O. The van der Waals surface area contributed by atoms with Gasteiger partial charge in [0.15, 0.2) is 11.5 Å². The van der Waals surface area contributed by atoms with E-state index in [1.54, 1.807) is 30.5 Å². The Morgan fingerprint density at radius 2 is 1.92 bits per heavy atom. The molecule has 3 heterocycles. The molecule has 1 fully saturated rings. The summed E-state index contributed by atoms with van der Waals surface area (Å²) in [7, 11) is 1.49. The number of aryl methyl sites for hydroxylation is 1. The van der Waals surface area contributed by atoms with Gasteiger partial charge >= 0.3 is 0 Å². The van der Waals surface area contributed by atoms with Crippen molar-refractivity contribution in [1.29, 1.82) is 0 Å². The maximum absolute atomic E-state index is 13.0. The smallest absolute Gasteiger partial charge is 0.255 e. The molecule has 0 saturated carbocycles. The van der Waals surface area contributed by atoms with Crippen molar-refractivity contribution in [2.24, 2.45) is 0 Å². The van der Waals surface area contributed by atoms with E-state index in [2.05, 4.69) is 30.5 Å². The van der Waals surface area contributed by atoms with Gasteiger partial charge in [0.2, 0.25) is 0 Å². The highest BCUT2D eigenvalue weighted by atomic mass is 16.5. The predicted molar refractivity (Wildman–Crippen MR) is 137 cm³/mol. The number of ether oxygens (including phenoxy) is 2. The second-order valence-electron chi connectivity index (χ2n) is 8.37. The van der Waals surface area contributed by atoms with Crippen molar-refractivity contribution in [3.05, 3.63) is 66.1 Å². The normalized spacial score (nSPS) is 13.4. The lowest BCUT2D eigenvalue weighted by Gasteiger charge is -2.27. The van der Waals surface area contributed by atoms with Crippen molar-refractivity contribution >= 4 is 39.8 Å². The quantitative estimate of drug-likeness (QED) is 0.373. The summed E-state index contributed by atoms with van der Waals surface area (Å²) in [4.78, 5) is 28.2. The number of nitrogens with one attached hydrogen (secondary N) is 2. The molecule has 10 heteroatoms. The number of amides is 1. The van der Waals surface area contributed by atoms with Gasteiger partial charge in [0.1, 0.15) is 18.0 Å². The van der Waals surface area contributed by atoms with E-state index in [1.807, 2.05) is 25.1 Å². The maximum Gasteiger partial charge on any atom is 0.255 e. The zero-order valence-electron chi connectivity index (χ0n) is 20.0. The first-order valence-electron chi connectivity index (χ1n) is 11.5. The van der Waals surface area contributed by atoms with E-state index in [4.69, 9.17) is 9.47 Å². The molecule has 0 spiro atoms. The first-order valence-corrected chi connectivity index (χ1v) is 11.5. The van der Waals surface area contributed by atoms with E-state index in [9.17, 15) is 9.90 Å². The predicted octanol–water partition coefficient (Wildman–Crippen LogP) is 3.88. The Bertz CT molecular complexity index is 1420. The van der Waals surface area contributed by atoms with Crippen molar-refractivity contribution in [2.75, 3.05) is 48.9 Å². The average molecular weight is 487 g/mol. The lowest BCUT2D eigenvalue weighted by molar-refractivity contribution is 0.102. The summed E-state index contributed by atoms with van der Waals surface area (Å²) in [5, 5.41) is 17.1. The molecule has 4 aromatic rings. The standard InChI is InChI=1S/C26H26N6O4/c1-16-3-4-18(30-26(34)17-5-6-27-24(11-17)32-7-9-36-10-8-32)12-20(16)31-25-19-13-22(33)23(35-2)14-21(19)28-15-29-25/h3-6,11-15,33H,7-10H2,1-2H3,(H,30,34)(H,28,29,31). The number of carbonyl (C=O) groups is 1. The zero-order chi connectivity index (χ0) is 25.1. The van der Waals surface area contributed by atoms with Gasteiger partial charge in [-0.25, -0.2) is 15.0 Å². The van der Waals surface area contributed by atoms with Crippen LogP contribution in [0.15, 0.2) is 55.0 Å². The number of aromatic nitrogens is 3. The van der Waals surface area contributed by atoms with Gasteiger partial charge in [0.25, 0.3) is 5.91 Å². The minimum absolute atomic E-state index is 0.00520. The van der Waals surface area contributed by atoms with Crippen molar-refractivity contribution in [1.82, 2.24) is 15.0 Å². The zero-order valence-corrected chi connectivity index (χ0v) is 20.0. The Kier molecular flexibility index (Phi) is 6.50. The van der Waals surface area contributed by atoms with Gasteiger partial charge in [0.05, 0.1) is 25.8 Å². The molecule has 36 heavy (non-hydrogen) atoms. The third kappa shape index (κ3) is 4.84. The monoisotopic (exact) mass is 486 g/mol. The van der Waals surface area contributed by atoms with Crippen LogP contribution in [-0.4, -0.2) is 59.4 Å². The summed E-state index contributed by atoms with van der Waals surface area (Å²) in [5.74, 6) is 1.38. The minimum Gasteiger partial charge on any atom is -0.504 e. The van der Waals surface area contributed by atoms with Crippen LogP contribution < -0.4 is 20.3 Å². The van der Waals surface area contributed by atoms with Gasteiger partial charge in [0, 0.05) is 47.7 Å². The van der Waals surface area contributed by atoms with Gasteiger partial charge < -0.3 is 30.1 Å². The number of phenols is 1. The summed E-state index contributed by atoms with van der Waals surface area (Å²) in [6.45, 7) is 4.73. The highest BCUT2D eigenvalue weighted by Gasteiger charge is 2.16. The molecule has 0 unspecified atom stereocenters. The average Bonchev–Trinajstić information content (AvgIpc) is 2.91. The van der Waals surface area contributed by atoms with E-state index < -0.39 is 0 Å². The number of hydrogen-bond acceptors (Lipinski definition) is 9. The summed E-state index contributed by atoms with van der Waals surface area (Å²) in [6.07, 6.45) is 3.09. The van der Waals surface area contributed by atoms with E-state index in [0.717, 1.165) is 30.2 Å². The Morgan fingerprint density at radius 3 is 2.72 bits per heavy atom. The Balaban J connectivity index is 1.37. The highest BCUT2D eigenvalue weighted by molar-refractivity contribution is 6.05. The number of methoxy groups -OCH3 is 1. The van der Waals surface area contributed by atoms with Crippen molar-refractivity contribution in [3.63, 3.8) is 0 Å². The molecular weight excluding hydrogens is 460 g/mol. The van der Waals surface area contributed by atoms with Gasteiger partial charge in [-0.1, -0.05) is 6.07 Å². The fourth-order valence-electron chi connectivity index (χ4n) is 4.03. The number of aromatic hydroxyl groups is 1. The van der Waals surface area contributed by atoms with Crippen LogP contribution in [0.3, 0.4) is 0 Å². The number of hydrogen-bond donors (Lipinski definition) is 3. The lowest BCUT2D eigenvalue weighted by Crippen LogP contribution is -2.36. The molecular formula is C26H26N6O4. The molecule has 1 aliphatic rings. The van der Waals surface area contributed by atoms with Crippen LogP contribution in [-0.2, 0) is 4.74 Å². The van der Waals surface area contributed by atoms with Crippen molar-refractivity contribution in [3.8, 4) is 11.5 Å². The molecule has 5 rings (SSSR count). The molecule has 2 aromatic carbocycles. The van der Waals surface area contributed by atoms with Crippen LogP contribution in [0.5, 0.6) is 11.5 Å². The molecule has 1 aliphatic heterocycles. The number of benzene rings is 2. The third-order valence-electron chi connectivity index (χ3n) is 6.03. The summed E-state index contributed by atoms with van der Waals surface area (Å²) >= 11 is 0. The molecule has 1 saturated heterocycles. The van der Waals surface area contributed by atoms with Crippen LogP contribution in [0.4, 0.5) is 23.0 Å². The molecule has 0 radical (unpaired) electrons. The van der Waals surface area contributed by atoms with E-state index >= 15 is 0 Å². The van der Waals surface area contributed by atoms with E-state index in [0.29, 0.717) is 46.9 Å². The molecule has 0 aliphatic carbocycles. The number of fused-ring (bicyclic) bond motifs is 1.